The molecule has 1 rings (SSSR count). The number of rotatable bonds is 6. The summed E-state index contributed by atoms with van der Waals surface area (Å²) in [4.78, 5) is 14.7. The van der Waals surface area contributed by atoms with E-state index in [0.717, 1.165) is 12.8 Å². The second-order valence-electron chi connectivity index (χ2n) is 4.88. The first kappa shape index (κ1) is 14.8. The molecule has 1 saturated heterocycles. The van der Waals surface area contributed by atoms with Crippen molar-refractivity contribution in [3.8, 4) is 0 Å². The number of ether oxygens (including phenoxy) is 1. The van der Waals surface area contributed by atoms with Crippen LogP contribution in [0.1, 0.15) is 33.6 Å². The number of carbonyl (C=O) groups excluding carboxylic acids is 1. The third kappa shape index (κ3) is 3.89. The van der Waals surface area contributed by atoms with Crippen LogP contribution in [0.3, 0.4) is 0 Å². The van der Waals surface area contributed by atoms with Crippen LogP contribution in [0.25, 0.3) is 10.4 Å². The molecule has 0 aromatic carbocycles. The fourth-order valence-electron chi connectivity index (χ4n) is 2.40. The summed E-state index contributed by atoms with van der Waals surface area (Å²) in [6, 6.07) is 0. The minimum Gasteiger partial charge on any atom is -0.374 e. The van der Waals surface area contributed by atoms with Gasteiger partial charge in [0.05, 0.1) is 18.1 Å². The summed E-state index contributed by atoms with van der Waals surface area (Å²) in [6.07, 6.45) is 1.75. The highest BCUT2D eigenvalue weighted by atomic mass is 16.5. The average Bonchev–Trinajstić information content (AvgIpc) is 2.58. The van der Waals surface area contributed by atoms with E-state index in [2.05, 4.69) is 22.3 Å². The Kier molecular flexibility index (Phi) is 5.95. The van der Waals surface area contributed by atoms with E-state index in [1.54, 1.807) is 0 Å². The number of amides is 1. The quantitative estimate of drug-likeness (QED) is 0.341. The Balaban J connectivity index is 2.26. The largest absolute Gasteiger partial charge is 0.374 e. The molecule has 4 unspecified atom stereocenters. The minimum absolute atomic E-state index is 0.0156. The lowest BCUT2D eigenvalue weighted by Gasteiger charge is -2.17. The van der Waals surface area contributed by atoms with E-state index >= 15 is 0 Å². The lowest BCUT2D eigenvalue weighted by molar-refractivity contribution is -0.127. The van der Waals surface area contributed by atoms with Crippen molar-refractivity contribution in [2.24, 2.45) is 17.0 Å². The molecule has 0 aromatic heterocycles. The highest BCUT2D eigenvalue weighted by Crippen LogP contribution is 2.32. The maximum Gasteiger partial charge on any atom is 0.226 e. The standard InChI is InChI=1S/C12H22N4O2/c1-8-9(2)18-10(3)11(8)12(17)14-6-4-5-7-15-16-13/h8-11H,4-7H2,1-3H3,(H,14,17). The van der Waals surface area contributed by atoms with Gasteiger partial charge < -0.3 is 10.1 Å². The van der Waals surface area contributed by atoms with E-state index in [1.807, 2.05) is 13.8 Å². The number of azide groups is 1. The molecule has 1 heterocycles. The predicted octanol–water partition coefficient (Wildman–Crippen LogP) is 2.25. The second kappa shape index (κ2) is 7.24. The fourth-order valence-corrected chi connectivity index (χ4v) is 2.40. The van der Waals surface area contributed by atoms with Crippen molar-refractivity contribution in [2.45, 2.75) is 45.8 Å². The zero-order valence-electron chi connectivity index (χ0n) is 11.3. The molecule has 1 aliphatic rings. The molecule has 0 bridgehead atoms. The van der Waals surface area contributed by atoms with Crippen LogP contribution in [0.5, 0.6) is 0 Å². The molecular weight excluding hydrogens is 232 g/mol. The molecule has 0 aromatic rings. The van der Waals surface area contributed by atoms with Crippen LogP contribution in [-0.4, -0.2) is 31.2 Å². The van der Waals surface area contributed by atoms with E-state index in [0.29, 0.717) is 13.1 Å². The molecule has 0 aliphatic carbocycles. The Hall–Kier alpha value is -1.26. The molecule has 1 N–H and O–H groups in total. The molecule has 6 heteroatoms. The zero-order chi connectivity index (χ0) is 13.5. The molecule has 0 radical (unpaired) electrons. The van der Waals surface area contributed by atoms with Gasteiger partial charge in [-0.05, 0) is 38.1 Å². The summed E-state index contributed by atoms with van der Waals surface area (Å²) in [5.74, 6) is 0.267. The Labute approximate surface area is 108 Å². The van der Waals surface area contributed by atoms with Crippen molar-refractivity contribution >= 4 is 5.91 Å². The maximum atomic E-state index is 12.0. The summed E-state index contributed by atoms with van der Waals surface area (Å²) in [7, 11) is 0. The Morgan fingerprint density at radius 3 is 2.61 bits per heavy atom. The Bertz CT molecular complexity index is 328. The average molecular weight is 254 g/mol. The molecular formula is C12H22N4O2. The summed E-state index contributed by atoms with van der Waals surface area (Å²) in [6.45, 7) is 7.13. The molecule has 1 aliphatic heterocycles. The molecule has 6 nitrogen and oxygen atoms in total. The monoisotopic (exact) mass is 254 g/mol. The number of unbranched alkanes of at least 4 members (excludes halogenated alkanes) is 1. The van der Waals surface area contributed by atoms with E-state index in [1.165, 1.54) is 0 Å². The molecule has 18 heavy (non-hydrogen) atoms. The van der Waals surface area contributed by atoms with Crippen molar-refractivity contribution < 1.29 is 9.53 Å². The predicted molar refractivity (Wildman–Crippen MR) is 68.9 cm³/mol. The lowest BCUT2D eigenvalue weighted by Crippen LogP contribution is -2.37. The number of carbonyl (C=O) groups is 1. The van der Waals surface area contributed by atoms with Gasteiger partial charge in [0.2, 0.25) is 5.91 Å². The van der Waals surface area contributed by atoms with Crippen molar-refractivity contribution in [1.82, 2.24) is 5.32 Å². The maximum absolute atomic E-state index is 12.0. The fraction of sp³-hybridized carbons (Fsp3) is 0.917. The normalized spacial score (nSPS) is 30.8. The summed E-state index contributed by atoms with van der Waals surface area (Å²) in [5.41, 5.74) is 8.11. The van der Waals surface area contributed by atoms with E-state index in [-0.39, 0.29) is 30.0 Å². The molecule has 0 spiro atoms. The highest BCUT2D eigenvalue weighted by Gasteiger charge is 2.41. The van der Waals surface area contributed by atoms with Gasteiger partial charge in [0.25, 0.3) is 0 Å². The van der Waals surface area contributed by atoms with Gasteiger partial charge in [0.15, 0.2) is 0 Å². The Morgan fingerprint density at radius 2 is 2.06 bits per heavy atom. The first-order valence-corrected chi connectivity index (χ1v) is 6.52. The van der Waals surface area contributed by atoms with Gasteiger partial charge in [0.1, 0.15) is 0 Å². The van der Waals surface area contributed by atoms with Crippen molar-refractivity contribution in [1.29, 1.82) is 0 Å². The first-order valence-electron chi connectivity index (χ1n) is 6.52. The van der Waals surface area contributed by atoms with Crippen LogP contribution in [-0.2, 0) is 9.53 Å². The minimum atomic E-state index is -0.0582. The zero-order valence-corrected chi connectivity index (χ0v) is 11.3. The van der Waals surface area contributed by atoms with Gasteiger partial charge >= 0.3 is 0 Å². The van der Waals surface area contributed by atoms with Crippen LogP contribution >= 0.6 is 0 Å². The van der Waals surface area contributed by atoms with Gasteiger partial charge in [-0.1, -0.05) is 12.0 Å². The summed E-state index contributed by atoms with van der Waals surface area (Å²) >= 11 is 0. The van der Waals surface area contributed by atoms with E-state index in [9.17, 15) is 4.79 Å². The van der Waals surface area contributed by atoms with E-state index in [4.69, 9.17) is 10.3 Å². The summed E-state index contributed by atoms with van der Waals surface area (Å²) < 4.78 is 5.65. The van der Waals surface area contributed by atoms with Crippen LogP contribution in [0.15, 0.2) is 5.11 Å². The van der Waals surface area contributed by atoms with E-state index < -0.39 is 0 Å². The first-order chi connectivity index (χ1) is 8.57. The van der Waals surface area contributed by atoms with Crippen molar-refractivity contribution in [3.63, 3.8) is 0 Å². The third-order valence-electron chi connectivity index (χ3n) is 3.59. The smallest absolute Gasteiger partial charge is 0.226 e. The summed E-state index contributed by atoms with van der Waals surface area (Å²) in [5, 5.41) is 6.38. The second-order valence-corrected chi connectivity index (χ2v) is 4.88. The highest BCUT2D eigenvalue weighted by molar-refractivity contribution is 5.79. The number of hydrogen-bond donors (Lipinski definition) is 1. The molecule has 1 amide bonds. The van der Waals surface area contributed by atoms with Gasteiger partial charge in [-0.3, -0.25) is 4.79 Å². The van der Waals surface area contributed by atoms with Crippen molar-refractivity contribution in [3.05, 3.63) is 10.4 Å². The lowest BCUT2D eigenvalue weighted by atomic mass is 9.89. The SMILES string of the molecule is CC1OC(C)C(C(=O)NCCCCN=[N+]=[N-])C1C. The van der Waals surface area contributed by atoms with Gasteiger partial charge in [-0.15, -0.1) is 0 Å². The van der Waals surface area contributed by atoms with Crippen molar-refractivity contribution in [2.75, 3.05) is 13.1 Å². The third-order valence-corrected chi connectivity index (χ3v) is 3.59. The number of hydrogen-bond acceptors (Lipinski definition) is 3. The van der Waals surface area contributed by atoms with Crippen LogP contribution < -0.4 is 5.32 Å². The Morgan fingerprint density at radius 1 is 1.33 bits per heavy atom. The van der Waals surface area contributed by atoms with Gasteiger partial charge in [-0.2, -0.15) is 0 Å². The number of nitrogens with one attached hydrogen (secondary N) is 1. The molecule has 1 fully saturated rings. The van der Waals surface area contributed by atoms with Gasteiger partial charge in [-0.25, -0.2) is 0 Å². The van der Waals surface area contributed by atoms with Crippen LogP contribution in [0, 0.1) is 11.8 Å². The topological polar surface area (TPSA) is 87.1 Å². The van der Waals surface area contributed by atoms with Gasteiger partial charge in [0, 0.05) is 18.0 Å². The van der Waals surface area contributed by atoms with Crippen LogP contribution in [0.4, 0.5) is 0 Å². The van der Waals surface area contributed by atoms with Crippen LogP contribution in [0.2, 0.25) is 0 Å². The molecule has 0 saturated carbocycles. The number of nitrogens with zero attached hydrogens (tertiary/aromatic N) is 3. The molecule has 102 valence electrons. The molecule has 4 atom stereocenters.